The minimum atomic E-state index is -4.91. The molecule has 1 N–H and O–H groups in total. The molecule has 1 atom stereocenters. The summed E-state index contributed by atoms with van der Waals surface area (Å²) in [7, 11) is 1.85. The fourth-order valence-corrected chi connectivity index (χ4v) is 3.53. The number of halogens is 6. The Balaban J connectivity index is 1.85. The van der Waals surface area contributed by atoms with Crippen LogP contribution in [0.1, 0.15) is 29.5 Å². The number of carbonyl (C=O) groups excluding carboxylic acids is 1. The van der Waals surface area contributed by atoms with Crippen LogP contribution < -0.4 is 5.32 Å². The number of hydrogen-bond donors (Lipinski definition) is 1. The summed E-state index contributed by atoms with van der Waals surface area (Å²) >= 11 is 0. The molecule has 9 heteroatoms. The van der Waals surface area contributed by atoms with Gasteiger partial charge in [0.1, 0.15) is 0 Å². The van der Waals surface area contributed by atoms with Crippen molar-refractivity contribution in [2.45, 2.75) is 37.8 Å². The van der Waals surface area contributed by atoms with Crippen LogP contribution in [-0.4, -0.2) is 30.4 Å². The Labute approximate surface area is 169 Å². The molecule has 1 aliphatic heterocycles. The van der Waals surface area contributed by atoms with Crippen molar-refractivity contribution >= 4 is 5.91 Å². The lowest BCUT2D eigenvalue weighted by molar-refractivity contribution is -0.143. The first-order valence-corrected chi connectivity index (χ1v) is 9.32. The first-order chi connectivity index (χ1) is 13.9. The van der Waals surface area contributed by atoms with Crippen molar-refractivity contribution in [3.63, 3.8) is 0 Å². The molecule has 0 bridgehead atoms. The van der Waals surface area contributed by atoms with Crippen LogP contribution in [0, 0.1) is 0 Å². The zero-order chi connectivity index (χ0) is 22.1. The molecule has 0 spiro atoms. The quantitative estimate of drug-likeness (QED) is 0.685. The van der Waals surface area contributed by atoms with Crippen molar-refractivity contribution in [1.29, 1.82) is 0 Å². The molecule has 162 valence electrons. The lowest BCUT2D eigenvalue weighted by Crippen LogP contribution is -2.41. The van der Waals surface area contributed by atoms with E-state index in [-0.39, 0.29) is 35.7 Å². The van der Waals surface area contributed by atoms with Crippen LogP contribution in [0.5, 0.6) is 0 Å². The van der Waals surface area contributed by atoms with E-state index in [4.69, 9.17) is 0 Å². The van der Waals surface area contributed by atoms with E-state index in [0.29, 0.717) is 17.7 Å². The Bertz CT molecular complexity index is 890. The van der Waals surface area contributed by atoms with Gasteiger partial charge in [0, 0.05) is 6.54 Å². The smallest absolute Gasteiger partial charge is 0.351 e. The molecular weight excluding hydrogens is 410 g/mol. The summed E-state index contributed by atoms with van der Waals surface area (Å²) in [6, 6.07) is 7.37. The average Bonchev–Trinajstić information content (AvgIpc) is 3.10. The summed E-state index contributed by atoms with van der Waals surface area (Å²) in [5.74, 6) is -0.154. The maximum absolute atomic E-state index is 13.1. The second-order valence-electron chi connectivity index (χ2n) is 7.35. The summed E-state index contributed by atoms with van der Waals surface area (Å²) in [4.78, 5) is 14.2. The van der Waals surface area contributed by atoms with E-state index in [1.165, 1.54) is 18.2 Å². The fraction of sp³-hybridized carbons (Fsp3) is 0.381. The van der Waals surface area contributed by atoms with Crippen LogP contribution in [0.3, 0.4) is 0 Å². The van der Waals surface area contributed by atoms with Gasteiger partial charge < -0.3 is 5.32 Å². The molecule has 0 saturated carbocycles. The molecule has 1 amide bonds. The van der Waals surface area contributed by atoms with Crippen molar-refractivity contribution in [2.24, 2.45) is 0 Å². The van der Waals surface area contributed by atoms with Crippen molar-refractivity contribution < 1.29 is 31.1 Å². The van der Waals surface area contributed by atoms with Gasteiger partial charge in [0.15, 0.2) is 0 Å². The summed E-state index contributed by atoms with van der Waals surface area (Å²) in [6.45, 7) is 0.951. The van der Waals surface area contributed by atoms with Gasteiger partial charge in [0.05, 0.1) is 17.2 Å². The molecule has 30 heavy (non-hydrogen) atoms. The van der Waals surface area contributed by atoms with Crippen molar-refractivity contribution in [1.82, 2.24) is 10.2 Å². The monoisotopic (exact) mass is 430 g/mol. The maximum atomic E-state index is 13.1. The average molecular weight is 430 g/mol. The van der Waals surface area contributed by atoms with Gasteiger partial charge in [0.2, 0.25) is 5.91 Å². The number of hydrogen-bond acceptors (Lipinski definition) is 2. The molecule has 2 aromatic carbocycles. The van der Waals surface area contributed by atoms with Gasteiger partial charge in [-0.1, -0.05) is 18.2 Å². The largest absolute Gasteiger partial charge is 0.416 e. The zero-order valence-corrected chi connectivity index (χ0v) is 16.1. The van der Waals surface area contributed by atoms with Gasteiger partial charge in [-0.2, -0.15) is 26.3 Å². The third-order valence-electron chi connectivity index (χ3n) is 5.14. The molecular formula is C21H20F6N2O. The number of rotatable bonds is 4. The third kappa shape index (κ3) is 5.13. The molecule has 1 heterocycles. The zero-order valence-electron chi connectivity index (χ0n) is 16.1. The molecule has 0 aliphatic carbocycles. The van der Waals surface area contributed by atoms with E-state index >= 15 is 0 Å². The van der Waals surface area contributed by atoms with E-state index in [0.717, 1.165) is 19.4 Å². The summed E-state index contributed by atoms with van der Waals surface area (Å²) in [5, 5.41) is 2.78. The maximum Gasteiger partial charge on any atom is 0.416 e. The topological polar surface area (TPSA) is 32.3 Å². The Morgan fingerprint density at radius 1 is 1.00 bits per heavy atom. The first-order valence-electron chi connectivity index (χ1n) is 9.32. The van der Waals surface area contributed by atoms with Crippen LogP contribution in [-0.2, 0) is 23.7 Å². The van der Waals surface area contributed by atoms with Gasteiger partial charge in [-0.25, -0.2) is 0 Å². The molecule has 1 saturated heterocycles. The van der Waals surface area contributed by atoms with E-state index in [9.17, 15) is 31.1 Å². The van der Waals surface area contributed by atoms with Gasteiger partial charge in [-0.3, -0.25) is 9.69 Å². The number of benzene rings is 2. The number of amides is 1. The van der Waals surface area contributed by atoms with Crippen LogP contribution >= 0.6 is 0 Å². The Hall–Kier alpha value is -2.55. The molecule has 1 aliphatic rings. The van der Waals surface area contributed by atoms with Crippen molar-refractivity contribution in [3.05, 3.63) is 59.2 Å². The lowest BCUT2D eigenvalue weighted by Gasteiger charge is -2.19. The number of nitrogens with one attached hydrogen (secondary N) is 1. The van der Waals surface area contributed by atoms with E-state index < -0.39 is 23.5 Å². The van der Waals surface area contributed by atoms with E-state index in [1.807, 2.05) is 11.9 Å². The Kier molecular flexibility index (Phi) is 6.12. The van der Waals surface area contributed by atoms with Crippen LogP contribution in [0.2, 0.25) is 0 Å². The van der Waals surface area contributed by atoms with Gasteiger partial charge in [0.25, 0.3) is 0 Å². The van der Waals surface area contributed by atoms with Crippen molar-refractivity contribution in [3.8, 4) is 11.1 Å². The number of nitrogens with zero attached hydrogens (tertiary/aromatic N) is 1. The highest BCUT2D eigenvalue weighted by Gasteiger charge is 2.37. The molecule has 3 rings (SSSR count). The molecule has 3 nitrogen and oxygen atoms in total. The molecule has 0 aromatic heterocycles. The predicted octanol–water partition coefficient (Wildman–Crippen LogP) is 5.10. The van der Waals surface area contributed by atoms with Gasteiger partial charge in [-0.05, 0) is 67.4 Å². The lowest BCUT2D eigenvalue weighted by atomic mass is 9.97. The predicted molar refractivity (Wildman–Crippen MR) is 99.4 cm³/mol. The second kappa shape index (κ2) is 8.29. The fourth-order valence-electron chi connectivity index (χ4n) is 3.53. The van der Waals surface area contributed by atoms with Crippen LogP contribution in [0.15, 0.2) is 42.5 Å². The Morgan fingerprint density at radius 2 is 1.63 bits per heavy atom. The summed E-state index contributed by atoms with van der Waals surface area (Å²) < 4.78 is 78.6. The molecule has 2 aromatic rings. The summed E-state index contributed by atoms with van der Waals surface area (Å²) in [5.41, 5.74) is -2.14. The number of alkyl halides is 6. The highest BCUT2D eigenvalue weighted by atomic mass is 19.4. The van der Waals surface area contributed by atoms with E-state index in [1.54, 1.807) is 6.07 Å². The minimum absolute atomic E-state index is 0.103. The van der Waals surface area contributed by atoms with E-state index in [2.05, 4.69) is 5.32 Å². The van der Waals surface area contributed by atoms with Gasteiger partial charge >= 0.3 is 12.4 Å². The summed E-state index contributed by atoms with van der Waals surface area (Å²) in [6.07, 6.45) is -8.15. The third-order valence-corrected chi connectivity index (χ3v) is 5.14. The number of carbonyl (C=O) groups is 1. The minimum Gasteiger partial charge on any atom is -0.351 e. The molecule has 1 fully saturated rings. The standard InChI is InChI=1S/C21H20F6N2O/c1-29-7-3-6-18(29)19(30)28-12-13-4-2-5-14(8-13)15-9-16(20(22,23)24)11-17(10-15)21(25,26)27/h2,4-5,8-11,18H,3,6-7,12H2,1H3,(H,28,30)/t18-/m0/s1. The highest BCUT2D eigenvalue weighted by Crippen LogP contribution is 2.38. The van der Waals surface area contributed by atoms with Crippen LogP contribution in [0.25, 0.3) is 11.1 Å². The molecule has 0 unspecified atom stereocenters. The Morgan fingerprint density at radius 3 is 2.17 bits per heavy atom. The highest BCUT2D eigenvalue weighted by molar-refractivity contribution is 5.82. The number of likely N-dealkylation sites (N-methyl/N-ethyl adjacent to an activating group) is 1. The van der Waals surface area contributed by atoms with Gasteiger partial charge in [-0.15, -0.1) is 0 Å². The van der Waals surface area contributed by atoms with Crippen LogP contribution in [0.4, 0.5) is 26.3 Å². The molecule has 0 radical (unpaired) electrons. The SMILES string of the molecule is CN1CCC[C@H]1C(=O)NCc1cccc(-c2cc(C(F)(F)F)cc(C(F)(F)F)c2)c1. The first kappa shape index (κ1) is 22.1. The van der Waals surface area contributed by atoms with Crippen molar-refractivity contribution in [2.75, 3.05) is 13.6 Å². The second-order valence-corrected chi connectivity index (χ2v) is 7.35. The number of likely N-dealkylation sites (tertiary alicyclic amines) is 1. The normalized spacial score (nSPS) is 17.9.